The molecule has 1 fully saturated rings. The van der Waals surface area contributed by atoms with E-state index in [1.54, 1.807) is 16.8 Å². The maximum atomic E-state index is 12.3. The van der Waals surface area contributed by atoms with Crippen LogP contribution in [0.5, 0.6) is 0 Å². The van der Waals surface area contributed by atoms with Gasteiger partial charge in [0.25, 0.3) is 5.56 Å². The second-order valence-electron chi connectivity index (χ2n) is 6.97. The van der Waals surface area contributed by atoms with E-state index in [1.807, 2.05) is 30.3 Å². The second kappa shape index (κ2) is 7.15. The zero-order valence-corrected chi connectivity index (χ0v) is 14.7. The molecule has 0 saturated heterocycles. The second-order valence-corrected chi connectivity index (χ2v) is 6.97. The van der Waals surface area contributed by atoms with Crippen molar-refractivity contribution in [1.82, 2.24) is 20.0 Å². The molecule has 0 bridgehead atoms. The zero-order chi connectivity index (χ0) is 17.9. The molecular weight excluding hydrogens is 326 g/mol. The summed E-state index contributed by atoms with van der Waals surface area (Å²) in [6.07, 6.45) is 6.12. The van der Waals surface area contributed by atoms with E-state index in [0.29, 0.717) is 24.0 Å². The van der Waals surface area contributed by atoms with Crippen molar-refractivity contribution in [3.05, 3.63) is 52.8 Å². The average molecular weight is 349 g/mol. The van der Waals surface area contributed by atoms with Crippen LogP contribution in [0.3, 0.4) is 0 Å². The molecule has 0 aliphatic heterocycles. The van der Waals surface area contributed by atoms with Gasteiger partial charge in [-0.1, -0.05) is 49.6 Å². The van der Waals surface area contributed by atoms with Crippen LogP contribution in [0, 0.1) is 5.92 Å². The van der Waals surface area contributed by atoms with E-state index in [1.165, 1.54) is 32.1 Å². The summed E-state index contributed by atoms with van der Waals surface area (Å²) in [6, 6.07) is 13.2. The summed E-state index contributed by atoms with van der Waals surface area (Å²) in [5.74, 6) is 0.915. The molecule has 0 spiro atoms. The number of nitrogens with one attached hydrogen (secondary N) is 1. The standard InChI is InChI=1S/C20H23N5O/c21-20-18(19(22-23-20)15-9-5-2-6-10-15)16-11-12-17(26)25(24-16)13-14-7-3-1-4-8-14/h2,5-6,9-12,14H,1,3-4,7-8,13H2,(H3,21,22,23). The number of anilines is 1. The molecule has 2 aromatic heterocycles. The molecule has 3 N–H and O–H groups in total. The number of nitrogens with two attached hydrogens (primary N) is 1. The largest absolute Gasteiger partial charge is 0.382 e. The lowest BCUT2D eigenvalue weighted by atomic mass is 9.89. The number of aromatic amines is 1. The van der Waals surface area contributed by atoms with Crippen molar-refractivity contribution in [2.45, 2.75) is 38.6 Å². The Kier molecular flexibility index (Phi) is 4.56. The Labute approximate surface area is 152 Å². The summed E-state index contributed by atoms with van der Waals surface area (Å²) in [7, 11) is 0. The van der Waals surface area contributed by atoms with Crippen molar-refractivity contribution >= 4 is 5.82 Å². The van der Waals surface area contributed by atoms with Crippen LogP contribution in [0.25, 0.3) is 22.5 Å². The van der Waals surface area contributed by atoms with E-state index < -0.39 is 0 Å². The van der Waals surface area contributed by atoms with Crippen molar-refractivity contribution in [3.63, 3.8) is 0 Å². The van der Waals surface area contributed by atoms with Gasteiger partial charge in [-0.25, -0.2) is 4.68 Å². The van der Waals surface area contributed by atoms with E-state index in [-0.39, 0.29) is 5.56 Å². The molecule has 3 aromatic rings. The van der Waals surface area contributed by atoms with E-state index in [0.717, 1.165) is 16.8 Å². The van der Waals surface area contributed by atoms with Crippen LogP contribution < -0.4 is 11.3 Å². The van der Waals surface area contributed by atoms with Crippen LogP contribution in [0.2, 0.25) is 0 Å². The van der Waals surface area contributed by atoms with Crippen molar-refractivity contribution in [3.8, 4) is 22.5 Å². The minimum absolute atomic E-state index is 0.0670. The Balaban J connectivity index is 1.72. The van der Waals surface area contributed by atoms with Gasteiger partial charge in [-0.05, 0) is 24.8 Å². The molecule has 2 heterocycles. The summed E-state index contributed by atoms with van der Waals surface area (Å²) in [5.41, 5.74) is 9.27. The van der Waals surface area contributed by atoms with Crippen molar-refractivity contribution in [2.24, 2.45) is 5.92 Å². The molecule has 1 aliphatic rings. The Morgan fingerprint density at radius 2 is 1.85 bits per heavy atom. The van der Waals surface area contributed by atoms with Gasteiger partial charge in [0.2, 0.25) is 0 Å². The smallest absolute Gasteiger partial charge is 0.266 e. The lowest BCUT2D eigenvalue weighted by molar-refractivity contribution is 0.303. The van der Waals surface area contributed by atoms with Gasteiger partial charge in [0, 0.05) is 18.2 Å². The van der Waals surface area contributed by atoms with Crippen molar-refractivity contribution in [2.75, 3.05) is 5.73 Å². The summed E-state index contributed by atoms with van der Waals surface area (Å²) in [6.45, 7) is 0.672. The first-order valence-corrected chi connectivity index (χ1v) is 9.20. The first kappa shape index (κ1) is 16.6. The molecule has 0 radical (unpaired) electrons. The number of benzene rings is 1. The fourth-order valence-electron chi connectivity index (χ4n) is 3.76. The number of H-pyrrole nitrogens is 1. The Morgan fingerprint density at radius 1 is 1.08 bits per heavy atom. The van der Waals surface area contributed by atoms with Crippen LogP contribution in [0.4, 0.5) is 5.82 Å². The summed E-state index contributed by atoms with van der Waals surface area (Å²) in [5, 5.41) is 11.8. The summed E-state index contributed by atoms with van der Waals surface area (Å²) >= 11 is 0. The van der Waals surface area contributed by atoms with E-state index in [2.05, 4.69) is 15.3 Å². The third-order valence-electron chi connectivity index (χ3n) is 5.14. The monoisotopic (exact) mass is 349 g/mol. The lowest BCUT2D eigenvalue weighted by Crippen LogP contribution is -2.27. The quantitative estimate of drug-likeness (QED) is 0.755. The highest BCUT2D eigenvalue weighted by molar-refractivity contribution is 5.85. The average Bonchev–Trinajstić information content (AvgIpc) is 3.07. The Bertz CT molecular complexity index is 938. The number of rotatable bonds is 4. The number of nitrogens with zero attached hydrogens (tertiary/aromatic N) is 3. The number of nitrogen functional groups attached to an aromatic ring is 1. The first-order chi connectivity index (χ1) is 12.7. The molecule has 4 rings (SSSR count). The fraction of sp³-hybridized carbons (Fsp3) is 0.350. The van der Waals surface area contributed by atoms with Gasteiger partial charge in [0.1, 0.15) is 0 Å². The van der Waals surface area contributed by atoms with Gasteiger partial charge >= 0.3 is 0 Å². The van der Waals surface area contributed by atoms with Crippen LogP contribution in [0.1, 0.15) is 32.1 Å². The van der Waals surface area contributed by atoms with Gasteiger partial charge in [-0.2, -0.15) is 10.2 Å². The molecule has 0 atom stereocenters. The Hall–Kier alpha value is -2.89. The van der Waals surface area contributed by atoms with Crippen molar-refractivity contribution in [1.29, 1.82) is 0 Å². The predicted molar refractivity (Wildman–Crippen MR) is 103 cm³/mol. The van der Waals surface area contributed by atoms with Gasteiger partial charge in [-0.15, -0.1) is 0 Å². The van der Waals surface area contributed by atoms with E-state index in [9.17, 15) is 4.79 Å². The van der Waals surface area contributed by atoms with E-state index >= 15 is 0 Å². The van der Waals surface area contributed by atoms with Gasteiger partial charge < -0.3 is 5.73 Å². The van der Waals surface area contributed by atoms with Gasteiger partial charge in [0.05, 0.1) is 17.0 Å². The van der Waals surface area contributed by atoms with Gasteiger partial charge in [-0.3, -0.25) is 9.89 Å². The number of hydrogen-bond donors (Lipinski definition) is 2. The predicted octanol–water partition coefficient (Wildman–Crippen LogP) is 3.46. The third-order valence-corrected chi connectivity index (χ3v) is 5.14. The van der Waals surface area contributed by atoms with Crippen LogP contribution in [0.15, 0.2) is 47.3 Å². The molecule has 6 nitrogen and oxygen atoms in total. The van der Waals surface area contributed by atoms with Gasteiger partial charge in [0.15, 0.2) is 5.82 Å². The van der Waals surface area contributed by atoms with Crippen LogP contribution in [-0.4, -0.2) is 20.0 Å². The molecule has 6 heteroatoms. The highest BCUT2D eigenvalue weighted by Crippen LogP contribution is 2.33. The maximum absolute atomic E-state index is 12.3. The maximum Gasteiger partial charge on any atom is 0.266 e. The molecule has 1 aliphatic carbocycles. The fourth-order valence-corrected chi connectivity index (χ4v) is 3.76. The highest BCUT2D eigenvalue weighted by Gasteiger charge is 2.19. The summed E-state index contributed by atoms with van der Waals surface area (Å²) in [4.78, 5) is 12.3. The van der Waals surface area contributed by atoms with E-state index in [4.69, 9.17) is 5.73 Å². The number of hydrogen-bond acceptors (Lipinski definition) is 4. The third kappa shape index (κ3) is 3.27. The molecule has 1 aromatic carbocycles. The normalized spacial score (nSPS) is 15.2. The first-order valence-electron chi connectivity index (χ1n) is 9.20. The molecular formula is C20H23N5O. The minimum Gasteiger partial charge on any atom is -0.382 e. The number of aromatic nitrogens is 4. The molecule has 26 heavy (non-hydrogen) atoms. The van der Waals surface area contributed by atoms with Crippen molar-refractivity contribution < 1.29 is 0 Å². The minimum atomic E-state index is -0.0670. The zero-order valence-electron chi connectivity index (χ0n) is 14.7. The highest BCUT2D eigenvalue weighted by atomic mass is 16.1. The molecule has 0 unspecified atom stereocenters. The topological polar surface area (TPSA) is 89.6 Å². The summed E-state index contributed by atoms with van der Waals surface area (Å²) < 4.78 is 1.59. The molecule has 134 valence electrons. The SMILES string of the molecule is Nc1n[nH]c(-c2ccccc2)c1-c1ccc(=O)n(CC2CCCCC2)n1. The lowest BCUT2D eigenvalue weighted by Gasteiger charge is -2.21. The Morgan fingerprint density at radius 3 is 2.62 bits per heavy atom. The molecule has 1 saturated carbocycles. The van der Waals surface area contributed by atoms with Crippen LogP contribution in [-0.2, 0) is 6.54 Å². The molecule has 0 amide bonds. The van der Waals surface area contributed by atoms with Crippen LogP contribution >= 0.6 is 0 Å².